The van der Waals surface area contributed by atoms with Crippen LogP contribution in [0, 0.1) is 6.92 Å². The van der Waals surface area contributed by atoms with Crippen LogP contribution in [0.25, 0.3) is 5.65 Å². The molecular formula is C10H15Cl2N3. The number of nitrogens with two attached hydrogens (primary N) is 1. The minimum Gasteiger partial charge on any atom is -0.323 e. The number of aromatic nitrogens is 2. The van der Waals surface area contributed by atoms with Gasteiger partial charge in [0.05, 0.1) is 11.9 Å². The van der Waals surface area contributed by atoms with Gasteiger partial charge in [0.25, 0.3) is 0 Å². The first-order valence-corrected chi connectivity index (χ1v) is 4.38. The normalized spacial score (nSPS) is 11.7. The molecule has 0 aromatic carbocycles. The zero-order valence-electron chi connectivity index (χ0n) is 8.68. The Morgan fingerprint density at radius 2 is 2.07 bits per heavy atom. The summed E-state index contributed by atoms with van der Waals surface area (Å²) >= 11 is 0. The molecule has 0 spiro atoms. The molecule has 0 aliphatic carbocycles. The maximum Gasteiger partial charge on any atom is 0.139 e. The first kappa shape index (κ1) is 14.2. The van der Waals surface area contributed by atoms with Crippen molar-refractivity contribution in [2.75, 3.05) is 0 Å². The second-order valence-corrected chi connectivity index (χ2v) is 3.36. The van der Waals surface area contributed by atoms with Crippen molar-refractivity contribution in [1.29, 1.82) is 0 Å². The lowest BCUT2D eigenvalue weighted by molar-refractivity contribution is 0.769. The second-order valence-electron chi connectivity index (χ2n) is 3.36. The highest BCUT2D eigenvalue weighted by atomic mass is 35.5. The summed E-state index contributed by atoms with van der Waals surface area (Å²) in [5.74, 6) is 0. The molecule has 2 aromatic heterocycles. The van der Waals surface area contributed by atoms with Gasteiger partial charge < -0.3 is 10.1 Å². The van der Waals surface area contributed by atoms with Gasteiger partial charge in [0, 0.05) is 12.2 Å². The van der Waals surface area contributed by atoms with Crippen LogP contribution in [0.2, 0.25) is 0 Å². The van der Waals surface area contributed by atoms with E-state index in [4.69, 9.17) is 5.73 Å². The first-order valence-electron chi connectivity index (χ1n) is 4.38. The number of imidazole rings is 1. The van der Waals surface area contributed by atoms with Gasteiger partial charge in [0.1, 0.15) is 5.65 Å². The lowest BCUT2D eigenvalue weighted by Gasteiger charge is -2.04. The number of hydrogen-bond acceptors (Lipinski definition) is 2. The Morgan fingerprint density at radius 1 is 1.40 bits per heavy atom. The third-order valence-electron chi connectivity index (χ3n) is 2.23. The summed E-state index contributed by atoms with van der Waals surface area (Å²) in [5, 5.41) is 0. The quantitative estimate of drug-likeness (QED) is 0.842. The molecule has 0 unspecified atom stereocenters. The van der Waals surface area contributed by atoms with E-state index in [1.807, 2.05) is 42.8 Å². The van der Waals surface area contributed by atoms with E-state index in [-0.39, 0.29) is 30.9 Å². The number of halogens is 2. The fraction of sp³-hybridized carbons (Fsp3) is 0.300. The summed E-state index contributed by atoms with van der Waals surface area (Å²) in [5.41, 5.74) is 9.04. The highest BCUT2D eigenvalue weighted by molar-refractivity contribution is 5.85. The molecule has 2 rings (SSSR count). The molecule has 2 heterocycles. The number of fused-ring (bicyclic) bond motifs is 1. The fourth-order valence-corrected chi connectivity index (χ4v) is 1.51. The maximum atomic E-state index is 5.81. The van der Waals surface area contributed by atoms with E-state index in [0.717, 1.165) is 11.3 Å². The van der Waals surface area contributed by atoms with Crippen molar-refractivity contribution >= 4 is 30.5 Å². The van der Waals surface area contributed by atoms with Crippen molar-refractivity contribution in [2.24, 2.45) is 5.73 Å². The smallest absolute Gasteiger partial charge is 0.139 e. The van der Waals surface area contributed by atoms with Gasteiger partial charge >= 0.3 is 0 Å². The van der Waals surface area contributed by atoms with Crippen molar-refractivity contribution in [2.45, 2.75) is 19.9 Å². The molecule has 84 valence electrons. The molecule has 3 nitrogen and oxygen atoms in total. The Balaban J connectivity index is 0.000000980. The summed E-state index contributed by atoms with van der Waals surface area (Å²) in [7, 11) is 0. The average molecular weight is 248 g/mol. The number of nitrogens with zero attached hydrogens (tertiary/aromatic N) is 2. The highest BCUT2D eigenvalue weighted by Crippen LogP contribution is 2.14. The zero-order chi connectivity index (χ0) is 9.42. The van der Waals surface area contributed by atoms with Gasteiger partial charge in [-0.3, -0.25) is 0 Å². The monoisotopic (exact) mass is 247 g/mol. The van der Waals surface area contributed by atoms with Crippen LogP contribution in [0.1, 0.15) is 24.2 Å². The highest BCUT2D eigenvalue weighted by Gasteiger charge is 2.07. The Labute approximate surface area is 102 Å². The van der Waals surface area contributed by atoms with Crippen molar-refractivity contribution in [3.8, 4) is 0 Å². The molecule has 2 N–H and O–H groups in total. The summed E-state index contributed by atoms with van der Waals surface area (Å²) in [6, 6.07) is 4.08. The predicted molar refractivity (Wildman–Crippen MR) is 67.0 cm³/mol. The molecule has 0 aliphatic rings. The van der Waals surface area contributed by atoms with Gasteiger partial charge in [0.15, 0.2) is 0 Å². The van der Waals surface area contributed by atoms with Gasteiger partial charge in [-0.2, -0.15) is 0 Å². The van der Waals surface area contributed by atoms with Crippen LogP contribution in [0.3, 0.4) is 0 Å². The van der Waals surface area contributed by atoms with E-state index in [1.165, 1.54) is 5.56 Å². The molecule has 0 fully saturated rings. The summed E-state index contributed by atoms with van der Waals surface area (Å²) in [4.78, 5) is 4.32. The van der Waals surface area contributed by atoms with E-state index in [0.29, 0.717) is 0 Å². The zero-order valence-corrected chi connectivity index (χ0v) is 10.3. The van der Waals surface area contributed by atoms with Gasteiger partial charge in [-0.25, -0.2) is 4.98 Å². The van der Waals surface area contributed by atoms with Crippen molar-refractivity contribution in [3.63, 3.8) is 0 Å². The maximum absolute atomic E-state index is 5.81. The largest absolute Gasteiger partial charge is 0.323 e. The lowest BCUT2D eigenvalue weighted by Crippen LogP contribution is -2.07. The predicted octanol–water partition coefficient (Wildman–Crippen LogP) is 2.51. The van der Waals surface area contributed by atoms with E-state index in [1.54, 1.807) is 0 Å². The van der Waals surface area contributed by atoms with Crippen molar-refractivity contribution < 1.29 is 0 Å². The molecule has 0 saturated heterocycles. The minimum atomic E-state index is 0. The van der Waals surface area contributed by atoms with Crippen LogP contribution in [0.5, 0.6) is 0 Å². The van der Waals surface area contributed by atoms with E-state index < -0.39 is 0 Å². The van der Waals surface area contributed by atoms with Crippen LogP contribution in [0.4, 0.5) is 0 Å². The number of pyridine rings is 1. The van der Waals surface area contributed by atoms with Gasteiger partial charge in [0.2, 0.25) is 0 Å². The van der Waals surface area contributed by atoms with Gasteiger partial charge in [-0.15, -0.1) is 24.8 Å². The Morgan fingerprint density at radius 3 is 2.67 bits per heavy atom. The fourth-order valence-electron chi connectivity index (χ4n) is 1.51. The SMILES string of the molecule is Cc1cccn2c([C@H](C)N)cnc12.Cl.Cl. The van der Waals surface area contributed by atoms with Crippen molar-refractivity contribution in [3.05, 3.63) is 35.8 Å². The molecule has 0 bridgehead atoms. The Bertz CT molecular complexity index is 437. The Hall–Kier alpha value is -0.770. The third kappa shape index (κ3) is 2.43. The summed E-state index contributed by atoms with van der Waals surface area (Å²) < 4.78 is 2.04. The van der Waals surface area contributed by atoms with E-state index in [2.05, 4.69) is 4.98 Å². The second kappa shape index (κ2) is 5.35. The van der Waals surface area contributed by atoms with Crippen LogP contribution in [-0.2, 0) is 0 Å². The van der Waals surface area contributed by atoms with Gasteiger partial charge in [-0.05, 0) is 25.5 Å². The standard InChI is InChI=1S/C10H13N3.2ClH/c1-7-4-3-5-13-9(8(2)11)6-12-10(7)13;;/h3-6,8H,11H2,1-2H3;2*1H/t8-;;/m0../s1. The molecule has 0 amide bonds. The van der Waals surface area contributed by atoms with E-state index in [9.17, 15) is 0 Å². The van der Waals surface area contributed by atoms with Crippen LogP contribution in [-0.4, -0.2) is 9.38 Å². The topological polar surface area (TPSA) is 43.3 Å². The number of hydrogen-bond donors (Lipinski definition) is 1. The summed E-state index contributed by atoms with van der Waals surface area (Å²) in [6.07, 6.45) is 3.83. The van der Waals surface area contributed by atoms with Gasteiger partial charge in [-0.1, -0.05) is 6.07 Å². The molecular weight excluding hydrogens is 233 g/mol. The molecule has 2 aromatic rings. The molecule has 0 aliphatic heterocycles. The molecule has 5 heteroatoms. The average Bonchev–Trinajstić information content (AvgIpc) is 2.48. The number of aryl methyl sites for hydroxylation is 1. The van der Waals surface area contributed by atoms with Crippen LogP contribution < -0.4 is 5.73 Å². The summed E-state index contributed by atoms with van der Waals surface area (Å²) in [6.45, 7) is 4.01. The third-order valence-corrected chi connectivity index (χ3v) is 2.23. The molecule has 1 atom stereocenters. The lowest BCUT2D eigenvalue weighted by atomic mass is 10.2. The van der Waals surface area contributed by atoms with Crippen LogP contribution in [0.15, 0.2) is 24.5 Å². The van der Waals surface area contributed by atoms with E-state index >= 15 is 0 Å². The molecule has 0 saturated carbocycles. The van der Waals surface area contributed by atoms with Crippen LogP contribution >= 0.6 is 24.8 Å². The molecule has 0 radical (unpaired) electrons. The molecule has 15 heavy (non-hydrogen) atoms. The Kier molecular flexibility index (Phi) is 5.08. The first-order chi connectivity index (χ1) is 6.20. The number of rotatable bonds is 1. The minimum absolute atomic E-state index is 0. The van der Waals surface area contributed by atoms with Crippen molar-refractivity contribution in [1.82, 2.24) is 9.38 Å².